The van der Waals surface area contributed by atoms with Gasteiger partial charge in [-0.2, -0.15) is 0 Å². The average molecular weight is 390 g/mol. The first-order chi connectivity index (χ1) is 11.4. The number of ketones is 2. The third kappa shape index (κ3) is 4.60. The van der Waals surface area contributed by atoms with Crippen molar-refractivity contribution in [3.8, 4) is 5.75 Å². The molecule has 0 aliphatic rings. The lowest BCUT2D eigenvalue weighted by Crippen LogP contribution is -2.06. The maximum Gasteiger partial charge on any atom is 0.269 e. The number of carbonyl (C=O) groups excluding carboxylic acids is 2. The van der Waals surface area contributed by atoms with Crippen molar-refractivity contribution in [3.05, 3.63) is 74.3 Å². The quantitative estimate of drug-likeness (QED) is 0.265. The van der Waals surface area contributed by atoms with Gasteiger partial charge in [0.05, 0.1) is 16.9 Å². The zero-order valence-corrected chi connectivity index (χ0v) is 13.9. The Morgan fingerprint density at radius 2 is 1.83 bits per heavy atom. The number of aromatic hydroxyl groups is 1. The molecule has 122 valence electrons. The minimum atomic E-state index is -0.512. The normalized spacial score (nSPS) is 10.7. The Labute approximate surface area is 145 Å². The Morgan fingerprint density at radius 3 is 2.46 bits per heavy atom. The van der Waals surface area contributed by atoms with Crippen molar-refractivity contribution in [2.75, 3.05) is 0 Å². The summed E-state index contributed by atoms with van der Waals surface area (Å²) in [6.07, 6.45) is 2.32. The lowest BCUT2D eigenvalue weighted by atomic mass is 10.0. The molecule has 0 atom stereocenters. The topological polar surface area (TPSA) is 97.5 Å². The number of nitro benzene ring substituents is 1. The van der Waals surface area contributed by atoms with Gasteiger partial charge in [0.15, 0.2) is 11.6 Å². The van der Waals surface area contributed by atoms with Crippen LogP contribution in [0.2, 0.25) is 0 Å². The summed E-state index contributed by atoms with van der Waals surface area (Å²) in [6.45, 7) is 0. The van der Waals surface area contributed by atoms with Crippen molar-refractivity contribution in [3.63, 3.8) is 0 Å². The molecule has 0 radical (unpaired) electrons. The maximum atomic E-state index is 12.0. The van der Waals surface area contributed by atoms with E-state index in [0.29, 0.717) is 10.0 Å². The number of nitrogens with zero attached hydrogens (tertiary/aromatic N) is 1. The number of nitro groups is 1. The summed E-state index contributed by atoms with van der Waals surface area (Å²) in [6, 6.07) is 10.1. The van der Waals surface area contributed by atoms with Crippen molar-refractivity contribution >= 4 is 39.3 Å². The van der Waals surface area contributed by atoms with E-state index in [1.807, 2.05) is 0 Å². The van der Waals surface area contributed by atoms with Crippen LogP contribution in [0.25, 0.3) is 6.08 Å². The van der Waals surface area contributed by atoms with Gasteiger partial charge in [-0.3, -0.25) is 19.7 Å². The van der Waals surface area contributed by atoms with Crippen molar-refractivity contribution in [2.24, 2.45) is 0 Å². The van der Waals surface area contributed by atoms with Gasteiger partial charge in [0.1, 0.15) is 5.75 Å². The van der Waals surface area contributed by atoms with Gasteiger partial charge >= 0.3 is 0 Å². The fourth-order valence-corrected chi connectivity index (χ4v) is 2.30. The number of Topliss-reactive ketones (excluding diaryl/α,β-unsaturated/α-hetero) is 1. The van der Waals surface area contributed by atoms with Crippen molar-refractivity contribution in [2.45, 2.75) is 6.42 Å². The molecular formula is C17H12BrNO5. The fraction of sp³-hybridized carbons (Fsp3) is 0.0588. The zero-order chi connectivity index (χ0) is 17.7. The van der Waals surface area contributed by atoms with E-state index in [1.165, 1.54) is 48.6 Å². The Balaban J connectivity index is 2.03. The number of non-ortho nitro benzene ring substituents is 1. The van der Waals surface area contributed by atoms with E-state index >= 15 is 0 Å². The van der Waals surface area contributed by atoms with Gasteiger partial charge in [-0.05, 0) is 42.0 Å². The molecule has 0 aliphatic carbocycles. The van der Waals surface area contributed by atoms with Crippen LogP contribution in [0.5, 0.6) is 5.75 Å². The molecule has 0 heterocycles. The highest BCUT2D eigenvalue weighted by Gasteiger charge is 2.14. The molecule has 0 saturated heterocycles. The van der Waals surface area contributed by atoms with E-state index < -0.39 is 16.5 Å². The Kier molecular flexibility index (Phi) is 5.59. The van der Waals surface area contributed by atoms with E-state index in [2.05, 4.69) is 15.9 Å². The number of phenols is 1. The second-order valence-corrected chi connectivity index (χ2v) is 5.83. The number of benzene rings is 2. The SMILES string of the molecule is O=C(C=Cc1ccc([N+](=O)[O-])cc1)CC(=O)c1cc(Br)ccc1O. The lowest BCUT2D eigenvalue weighted by Gasteiger charge is -2.03. The molecule has 0 saturated carbocycles. The van der Waals surface area contributed by atoms with Crippen LogP contribution in [-0.4, -0.2) is 21.6 Å². The van der Waals surface area contributed by atoms with Crippen molar-refractivity contribution < 1.29 is 19.6 Å². The van der Waals surface area contributed by atoms with Gasteiger partial charge < -0.3 is 5.11 Å². The fourth-order valence-electron chi connectivity index (χ4n) is 1.94. The van der Waals surface area contributed by atoms with Crippen LogP contribution < -0.4 is 0 Å². The first kappa shape index (κ1) is 17.6. The van der Waals surface area contributed by atoms with E-state index in [0.717, 1.165) is 0 Å². The summed E-state index contributed by atoms with van der Waals surface area (Å²) in [5.74, 6) is -1.11. The van der Waals surface area contributed by atoms with Crippen LogP contribution in [-0.2, 0) is 4.79 Å². The molecule has 2 rings (SSSR count). The van der Waals surface area contributed by atoms with E-state index in [1.54, 1.807) is 6.07 Å². The van der Waals surface area contributed by atoms with Gasteiger partial charge in [0.2, 0.25) is 0 Å². The van der Waals surface area contributed by atoms with Crippen LogP contribution in [0.4, 0.5) is 5.69 Å². The largest absolute Gasteiger partial charge is 0.507 e. The number of halogens is 1. The summed E-state index contributed by atoms with van der Waals surface area (Å²) in [5.41, 5.74) is 0.631. The van der Waals surface area contributed by atoms with Crippen LogP contribution in [0.3, 0.4) is 0 Å². The van der Waals surface area contributed by atoms with Gasteiger partial charge in [-0.15, -0.1) is 0 Å². The minimum Gasteiger partial charge on any atom is -0.507 e. The number of phenolic OH excluding ortho intramolecular Hbond substituents is 1. The molecule has 24 heavy (non-hydrogen) atoms. The standard InChI is InChI=1S/C17H12BrNO5/c18-12-4-8-16(21)15(9-12)17(22)10-14(20)7-3-11-1-5-13(6-2-11)19(23)24/h1-9,21H,10H2. The number of allylic oxidation sites excluding steroid dienone is 1. The highest BCUT2D eigenvalue weighted by atomic mass is 79.9. The molecule has 0 spiro atoms. The van der Waals surface area contributed by atoms with Gasteiger partial charge in [0.25, 0.3) is 5.69 Å². The molecule has 0 fully saturated rings. The van der Waals surface area contributed by atoms with Crippen molar-refractivity contribution in [1.82, 2.24) is 0 Å². The second-order valence-electron chi connectivity index (χ2n) is 4.91. The summed E-state index contributed by atoms with van der Waals surface area (Å²) in [5, 5.41) is 20.2. The molecular weight excluding hydrogens is 378 g/mol. The first-order valence-corrected chi connectivity index (χ1v) is 7.63. The highest BCUT2D eigenvalue weighted by Crippen LogP contribution is 2.23. The lowest BCUT2D eigenvalue weighted by molar-refractivity contribution is -0.384. The Morgan fingerprint density at radius 1 is 1.17 bits per heavy atom. The number of hydrogen-bond donors (Lipinski definition) is 1. The average Bonchev–Trinajstić information content (AvgIpc) is 2.55. The predicted octanol–water partition coefficient (Wildman–Crippen LogP) is 3.92. The minimum absolute atomic E-state index is 0.0428. The van der Waals surface area contributed by atoms with Crippen LogP contribution in [0.1, 0.15) is 22.3 Å². The monoisotopic (exact) mass is 389 g/mol. The Hall–Kier alpha value is -2.80. The summed E-state index contributed by atoms with van der Waals surface area (Å²) in [4.78, 5) is 34.0. The molecule has 2 aromatic carbocycles. The zero-order valence-electron chi connectivity index (χ0n) is 12.3. The molecule has 0 amide bonds. The van der Waals surface area contributed by atoms with Crippen molar-refractivity contribution in [1.29, 1.82) is 0 Å². The molecule has 2 aromatic rings. The van der Waals surface area contributed by atoms with E-state index in [4.69, 9.17) is 0 Å². The molecule has 7 heteroatoms. The highest BCUT2D eigenvalue weighted by molar-refractivity contribution is 9.10. The molecule has 0 bridgehead atoms. The maximum absolute atomic E-state index is 12.0. The summed E-state index contributed by atoms with van der Waals surface area (Å²) < 4.78 is 0.623. The molecule has 0 unspecified atom stereocenters. The van der Waals surface area contributed by atoms with Gasteiger partial charge in [-0.1, -0.05) is 22.0 Å². The van der Waals surface area contributed by atoms with Crippen LogP contribution in [0.15, 0.2) is 53.0 Å². The van der Waals surface area contributed by atoms with E-state index in [9.17, 15) is 24.8 Å². The van der Waals surface area contributed by atoms with E-state index in [-0.39, 0.29) is 23.4 Å². The van der Waals surface area contributed by atoms with Gasteiger partial charge in [0, 0.05) is 16.6 Å². The number of hydrogen-bond acceptors (Lipinski definition) is 5. The predicted molar refractivity (Wildman–Crippen MR) is 91.9 cm³/mol. The van der Waals surface area contributed by atoms with Crippen LogP contribution >= 0.6 is 15.9 Å². The number of carbonyl (C=O) groups is 2. The molecule has 0 aromatic heterocycles. The molecule has 6 nitrogen and oxygen atoms in total. The first-order valence-electron chi connectivity index (χ1n) is 6.84. The third-order valence-corrected chi connectivity index (χ3v) is 3.65. The van der Waals surface area contributed by atoms with Crippen LogP contribution in [0, 0.1) is 10.1 Å². The second kappa shape index (κ2) is 7.65. The third-order valence-electron chi connectivity index (χ3n) is 3.16. The number of rotatable bonds is 6. The summed E-state index contributed by atoms with van der Waals surface area (Å²) >= 11 is 3.20. The Bertz CT molecular complexity index is 827. The van der Waals surface area contributed by atoms with Gasteiger partial charge in [-0.25, -0.2) is 0 Å². The smallest absolute Gasteiger partial charge is 0.269 e. The summed E-state index contributed by atoms with van der Waals surface area (Å²) in [7, 11) is 0. The molecule has 1 N–H and O–H groups in total. The molecule has 0 aliphatic heterocycles.